The summed E-state index contributed by atoms with van der Waals surface area (Å²) in [7, 11) is 0. The van der Waals surface area contributed by atoms with Crippen molar-refractivity contribution >= 4 is 81.7 Å². The van der Waals surface area contributed by atoms with Crippen LogP contribution in [0.1, 0.15) is 16.7 Å². The summed E-state index contributed by atoms with van der Waals surface area (Å²) < 4.78 is 2.56. The largest absolute Gasteiger partial charge is 0.282 e. The highest BCUT2D eigenvalue weighted by Gasteiger charge is 2.14. The van der Waals surface area contributed by atoms with Crippen LogP contribution in [0.25, 0.3) is 74.7 Å². The zero-order chi connectivity index (χ0) is 36.7. The SMILES string of the molecule is N=C(N=C(N=Cc1c2ccccc2cc2c1ccc1ccccc12)c1ccc(-c2cccc3sc4ccccc4c23)cc1)c1ccc(-c2ccccc2)cc1. The fraction of sp³-hybridized carbons (Fsp3) is 0. The Balaban J connectivity index is 1.10. The van der Waals surface area contributed by atoms with Crippen molar-refractivity contribution in [1.29, 1.82) is 5.41 Å². The summed E-state index contributed by atoms with van der Waals surface area (Å²) in [6.45, 7) is 0. The molecule has 4 heteroatoms. The van der Waals surface area contributed by atoms with Crippen molar-refractivity contribution in [2.24, 2.45) is 9.98 Å². The van der Waals surface area contributed by atoms with E-state index in [2.05, 4.69) is 146 Å². The summed E-state index contributed by atoms with van der Waals surface area (Å²) in [6.07, 6.45) is 1.94. The second-order valence-corrected chi connectivity index (χ2v) is 14.8. The maximum absolute atomic E-state index is 9.19. The van der Waals surface area contributed by atoms with Crippen molar-refractivity contribution in [2.75, 3.05) is 0 Å². The molecule has 0 radical (unpaired) electrons. The van der Waals surface area contributed by atoms with Crippen molar-refractivity contribution in [3.63, 3.8) is 0 Å². The lowest BCUT2D eigenvalue weighted by molar-refractivity contribution is 1.40. The molecule has 1 aromatic heterocycles. The fourth-order valence-electron chi connectivity index (χ4n) is 7.72. The summed E-state index contributed by atoms with van der Waals surface area (Å²) in [6, 6.07) is 65.6. The van der Waals surface area contributed by atoms with E-state index in [4.69, 9.17) is 9.98 Å². The Morgan fingerprint density at radius 1 is 0.455 bits per heavy atom. The Morgan fingerprint density at radius 2 is 1.09 bits per heavy atom. The molecule has 9 aromatic carbocycles. The minimum Gasteiger partial charge on any atom is -0.282 e. The van der Waals surface area contributed by atoms with E-state index in [-0.39, 0.29) is 5.84 Å². The molecule has 0 fully saturated rings. The van der Waals surface area contributed by atoms with Crippen molar-refractivity contribution in [3.05, 3.63) is 205 Å². The van der Waals surface area contributed by atoms with E-state index in [9.17, 15) is 5.41 Å². The maximum Gasteiger partial charge on any atom is 0.161 e. The Hall–Kier alpha value is -7.01. The summed E-state index contributed by atoms with van der Waals surface area (Å²) >= 11 is 1.83. The number of benzene rings is 9. The number of fused-ring (bicyclic) bond motifs is 7. The van der Waals surface area contributed by atoms with Crippen molar-refractivity contribution in [2.45, 2.75) is 0 Å². The van der Waals surface area contributed by atoms with Crippen LogP contribution in [-0.4, -0.2) is 17.9 Å². The molecular formula is C51H33N3S. The third kappa shape index (κ3) is 5.99. The summed E-state index contributed by atoms with van der Waals surface area (Å²) in [5.74, 6) is 0.629. The molecule has 1 heterocycles. The first-order valence-corrected chi connectivity index (χ1v) is 19.2. The first-order valence-electron chi connectivity index (χ1n) is 18.4. The molecule has 1 N–H and O–H groups in total. The number of thiophene rings is 1. The minimum atomic E-state index is 0.152. The molecular weight excluding hydrogens is 687 g/mol. The second kappa shape index (κ2) is 13.8. The first-order chi connectivity index (χ1) is 27.2. The molecule has 55 heavy (non-hydrogen) atoms. The predicted molar refractivity (Wildman–Crippen MR) is 237 cm³/mol. The van der Waals surface area contributed by atoms with Crippen LogP contribution in [-0.2, 0) is 0 Å². The van der Waals surface area contributed by atoms with Crippen LogP contribution in [0.3, 0.4) is 0 Å². The Kier molecular flexibility index (Phi) is 8.16. The van der Waals surface area contributed by atoms with E-state index in [0.717, 1.165) is 49.5 Å². The minimum absolute atomic E-state index is 0.152. The highest BCUT2D eigenvalue weighted by molar-refractivity contribution is 7.25. The number of amidine groups is 2. The number of nitrogens with one attached hydrogen (secondary N) is 1. The normalized spacial score (nSPS) is 12.1. The van der Waals surface area contributed by atoms with Gasteiger partial charge in [-0.25, -0.2) is 9.98 Å². The van der Waals surface area contributed by atoms with Gasteiger partial charge in [-0.3, -0.25) is 5.41 Å². The Bertz CT molecular complexity index is 3140. The van der Waals surface area contributed by atoms with Gasteiger partial charge in [-0.2, -0.15) is 0 Å². The van der Waals surface area contributed by atoms with Gasteiger partial charge in [0.1, 0.15) is 0 Å². The van der Waals surface area contributed by atoms with Crippen LogP contribution in [0.15, 0.2) is 198 Å². The average molecular weight is 720 g/mol. The molecule has 258 valence electrons. The highest BCUT2D eigenvalue weighted by atomic mass is 32.1. The number of hydrogen-bond donors (Lipinski definition) is 1. The van der Waals surface area contributed by atoms with Crippen LogP contribution in [0.5, 0.6) is 0 Å². The summed E-state index contributed by atoms with van der Waals surface area (Å²) in [5.41, 5.74) is 7.14. The van der Waals surface area contributed by atoms with Gasteiger partial charge in [0.2, 0.25) is 0 Å². The average Bonchev–Trinajstić information content (AvgIpc) is 3.64. The first kappa shape index (κ1) is 32.6. The van der Waals surface area contributed by atoms with Crippen LogP contribution >= 0.6 is 11.3 Å². The molecule has 0 spiro atoms. The van der Waals surface area contributed by atoms with E-state index in [0.29, 0.717) is 5.84 Å². The molecule has 0 aliphatic carbocycles. The lowest BCUT2D eigenvalue weighted by Gasteiger charge is -2.11. The van der Waals surface area contributed by atoms with Gasteiger partial charge in [-0.1, -0.05) is 170 Å². The molecule has 10 aromatic rings. The third-order valence-corrected chi connectivity index (χ3v) is 11.6. The van der Waals surface area contributed by atoms with Gasteiger partial charge >= 0.3 is 0 Å². The molecule has 0 aliphatic heterocycles. The van der Waals surface area contributed by atoms with E-state index in [1.54, 1.807) is 0 Å². The summed E-state index contributed by atoms with van der Waals surface area (Å²) in [4.78, 5) is 10.1. The van der Waals surface area contributed by atoms with Gasteiger partial charge in [-0.15, -0.1) is 11.3 Å². The van der Waals surface area contributed by atoms with Gasteiger partial charge in [0, 0.05) is 43.1 Å². The van der Waals surface area contributed by atoms with E-state index in [1.807, 2.05) is 60.0 Å². The molecule has 0 amide bonds. The van der Waals surface area contributed by atoms with Crippen molar-refractivity contribution < 1.29 is 0 Å². The molecule has 0 saturated heterocycles. The quantitative estimate of drug-likeness (QED) is 0.0797. The van der Waals surface area contributed by atoms with Gasteiger partial charge in [-0.05, 0) is 72.8 Å². The molecule has 3 nitrogen and oxygen atoms in total. The van der Waals surface area contributed by atoms with Gasteiger partial charge < -0.3 is 0 Å². The number of hydrogen-bond acceptors (Lipinski definition) is 2. The molecule has 0 unspecified atom stereocenters. The van der Waals surface area contributed by atoms with Crippen LogP contribution in [0.4, 0.5) is 0 Å². The van der Waals surface area contributed by atoms with Crippen molar-refractivity contribution in [3.8, 4) is 22.3 Å². The zero-order valence-corrected chi connectivity index (χ0v) is 30.6. The van der Waals surface area contributed by atoms with E-state index >= 15 is 0 Å². The van der Waals surface area contributed by atoms with Gasteiger partial charge in [0.05, 0.1) is 0 Å². The number of aliphatic imine (C=N–C) groups is 2. The van der Waals surface area contributed by atoms with Gasteiger partial charge in [0.25, 0.3) is 0 Å². The number of nitrogens with zero attached hydrogens (tertiary/aromatic N) is 2. The van der Waals surface area contributed by atoms with Crippen LogP contribution in [0, 0.1) is 5.41 Å². The predicted octanol–water partition coefficient (Wildman–Crippen LogP) is 13.7. The standard InChI is InChI=1S/C51H33N3S/c52-50(37-25-21-34(22-26-37)33-11-2-1-3-12-33)54-51(38-27-23-36(24-28-38)42-18-10-20-48-49(42)44-17-8-9-19-47(44)55-48)53-32-46-41-16-7-5-14-39(41)31-45-40-15-6-4-13-35(40)29-30-43(45)46/h1-32,52H. The Labute approximate surface area is 322 Å². The lowest BCUT2D eigenvalue weighted by atomic mass is 9.94. The monoisotopic (exact) mass is 719 g/mol. The van der Waals surface area contributed by atoms with Crippen LogP contribution in [0.2, 0.25) is 0 Å². The van der Waals surface area contributed by atoms with E-state index < -0.39 is 0 Å². The smallest absolute Gasteiger partial charge is 0.161 e. The second-order valence-electron chi connectivity index (χ2n) is 13.7. The van der Waals surface area contributed by atoms with E-state index in [1.165, 1.54) is 41.9 Å². The van der Waals surface area contributed by atoms with Crippen LogP contribution < -0.4 is 0 Å². The Morgan fingerprint density at radius 3 is 1.91 bits per heavy atom. The molecule has 10 rings (SSSR count). The van der Waals surface area contributed by atoms with Crippen molar-refractivity contribution in [1.82, 2.24) is 0 Å². The lowest BCUT2D eigenvalue weighted by Crippen LogP contribution is -2.05. The maximum atomic E-state index is 9.19. The fourth-order valence-corrected chi connectivity index (χ4v) is 8.86. The highest BCUT2D eigenvalue weighted by Crippen LogP contribution is 2.40. The molecule has 0 aliphatic rings. The molecule has 0 saturated carbocycles. The van der Waals surface area contributed by atoms with Gasteiger partial charge in [0.15, 0.2) is 11.7 Å². The third-order valence-electron chi connectivity index (χ3n) is 10.5. The number of rotatable bonds is 5. The zero-order valence-electron chi connectivity index (χ0n) is 29.8. The topological polar surface area (TPSA) is 48.6 Å². The summed E-state index contributed by atoms with van der Waals surface area (Å²) in [5, 5.41) is 18.7. The molecule has 0 atom stereocenters. The molecule has 0 bridgehead atoms.